The summed E-state index contributed by atoms with van der Waals surface area (Å²) in [5.41, 5.74) is 8.56. The van der Waals surface area contributed by atoms with Crippen LogP contribution < -0.4 is 15.8 Å². The molecule has 0 saturated heterocycles. The van der Waals surface area contributed by atoms with Gasteiger partial charge in [-0.3, -0.25) is 9.59 Å². The molecule has 1 amide bonds. The molecule has 2 aromatic carbocycles. The number of ketones is 1. The van der Waals surface area contributed by atoms with Crippen molar-refractivity contribution in [3.05, 3.63) is 53.6 Å². The number of rotatable bonds is 5. The highest BCUT2D eigenvalue weighted by Gasteiger charge is 2.08. The summed E-state index contributed by atoms with van der Waals surface area (Å²) >= 11 is 0. The van der Waals surface area contributed by atoms with Crippen molar-refractivity contribution in [1.29, 1.82) is 0 Å². The van der Waals surface area contributed by atoms with Crippen LogP contribution in [-0.2, 0) is 4.79 Å². The summed E-state index contributed by atoms with van der Waals surface area (Å²) in [6.45, 7) is 3.27. The smallest absolute Gasteiger partial charge is 0.221 e. The van der Waals surface area contributed by atoms with Gasteiger partial charge in [0, 0.05) is 29.9 Å². The zero-order chi connectivity index (χ0) is 16.1. The first-order chi connectivity index (χ1) is 10.5. The molecule has 2 aromatic rings. The van der Waals surface area contributed by atoms with Crippen molar-refractivity contribution >= 4 is 23.1 Å². The first kappa shape index (κ1) is 15.6. The van der Waals surface area contributed by atoms with Crippen LogP contribution in [0.1, 0.15) is 22.8 Å². The summed E-state index contributed by atoms with van der Waals surface area (Å²) in [4.78, 5) is 23.0. The monoisotopic (exact) mass is 298 g/mol. The molecule has 0 aliphatic rings. The molecular formula is C17H18N2O3. The topological polar surface area (TPSA) is 81.4 Å². The van der Waals surface area contributed by atoms with Crippen LogP contribution in [0, 0.1) is 6.92 Å². The molecule has 3 N–H and O–H groups in total. The summed E-state index contributed by atoms with van der Waals surface area (Å²) in [5, 5.41) is 2.64. The van der Waals surface area contributed by atoms with Gasteiger partial charge in [-0.1, -0.05) is 6.07 Å². The molecule has 0 radical (unpaired) electrons. The zero-order valence-electron chi connectivity index (χ0n) is 12.6. The predicted molar refractivity (Wildman–Crippen MR) is 86.2 cm³/mol. The number of nitrogens with two attached hydrogens (primary N) is 1. The maximum absolute atomic E-state index is 12.1. The van der Waals surface area contributed by atoms with Crippen LogP contribution in [0.2, 0.25) is 0 Å². The van der Waals surface area contributed by atoms with Gasteiger partial charge in [0.15, 0.2) is 12.4 Å². The van der Waals surface area contributed by atoms with Gasteiger partial charge in [-0.05, 0) is 42.8 Å². The average molecular weight is 298 g/mol. The predicted octanol–water partition coefficient (Wildman–Crippen LogP) is 2.80. The van der Waals surface area contributed by atoms with E-state index in [2.05, 4.69) is 5.32 Å². The number of aryl methyl sites for hydroxylation is 1. The van der Waals surface area contributed by atoms with E-state index in [1.54, 1.807) is 36.4 Å². The van der Waals surface area contributed by atoms with Gasteiger partial charge in [-0.15, -0.1) is 0 Å². The molecule has 2 rings (SSSR count). The van der Waals surface area contributed by atoms with Gasteiger partial charge < -0.3 is 15.8 Å². The second-order valence-electron chi connectivity index (χ2n) is 4.99. The Morgan fingerprint density at radius 2 is 1.82 bits per heavy atom. The van der Waals surface area contributed by atoms with Crippen LogP contribution in [0.25, 0.3) is 0 Å². The molecule has 0 saturated carbocycles. The molecule has 5 nitrogen and oxygen atoms in total. The Morgan fingerprint density at radius 3 is 2.41 bits per heavy atom. The van der Waals surface area contributed by atoms with Crippen LogP contribution in [-0.4, -0.2) is 18.3 Å². The van der Waals surface area contributed by atoms with Gasteiger partial charge in [0.05, 0.1) is 0 Å². The number of nitrogens with one attached hydrogen (secondary N) is 1. The van der Waals surface area contributed by atoms with E-state index in [0.29, 0.717) is 22.7 Å². The number of amides is 1. The van der Waals surface area contributed by atoms with Crippen LogP contribution in [0.5, 0.6) is 5.75 Å². The summed E-state index contributed by atoms with van der Waals surface area (Å²) in [6.07, 6.45) is 0. The molecule has 0 aromatic heterocycles. The quantitative estimate of drug-likeness (QED) is 0.657. The van der Waals surface area contributed by atoms with Gasteiger partial charge in [0.25, 0.3) is 0 Å². The number of ether oxygens (including phenoxy) is 1. The summed E-state index contributed by atoms with van der Waals surface area (Å²) in [5.74, 6) is 0.263. The molecule has 0 fully saturated rings. The molecule has 0 heterocycles. The first-order valence-electron chi connectivity index (χ1n) is 6.85. The second kappa shape index (κ2) is 6.76. The summed E-state index contributed by atoms with van der Waals surface area (Å²) in [6, 6.07) is 12.0. The van der Waals surface area contributed by atoms with Crippen LogP contribution in [0.4, 0.5) is 11.4 Å². The number of carbonyl (C=O) groups excluding carboxylic acids is 2. The number of carbonyl (C=O) groups is 2. The minimum atomic E-state index is -0.153. The van der Waals surface area contributed by atoms with Crippen molar-refractivity contribution in [2.75, 3.05) is 17.7 Å². The lowest BCUT2D eigenvalue weighted by Crippen LogP contribution is -2.12. The maximum Gasteiger partial charge on any atom is 0.221 e. The maximum atomic E-state index is 12.1. The number of anilines is 2. The standard InChI is InChI=1S/C17H18N2O3/c1-11-3-8-15(9-16(11)18)22-10-17(21)13-4-6-14(7-5-13)19-12(2)20/h3-9H,10,18H2,1-2H3,(H,19,20). The van der Waals surface area contributed by atoms with Crippen LogP contribution in [0.3, 0.4) is 0 Å². The lowest BCUT2D eigenvalue weighted by molar-refractivity contribution is -0.114. The molecule has 0 unspecified atom stereocenters. The van der Waals surface area contributed by atoms with Gasteiger partial charge in [0.1, 0.15) is 5.75 Å². The van der Waals surface area contributed by atoms with E-state index in [-0.39, 0.29) is 18.3 Å². The Morgan fingerprint density at radius 1 is 1.14 bits per heavy atom. The van der Waals surface area contributed by atoms with Crippen LogP contribution in [0.15, 0.2) is 42.5 Å². The molecule has 0 aliphatic heterocycles. The molecular weight excluding hydrogens is 280 g/mol. The number of benzene rings is 2. The molecule has 0 spiro atoms. The third-order valence-electron chi connectivity index (χ3n) is 3.15. The van der Waals surface area contributed by atoms with Crippen molar-refractivity contribution in [1.82, 2.24) is 0 Å². The molecule has 0 bridgehead atoms. The fourth-order valence-corrected chi connectivity index (χ4v) is 1.88. The summed E-state index contributed by atoms with van der Waals surface area (Å²) in [7, 11) is 0. The van der Waals surface area contributed by atoms with Crippen LogP contribution >= 0.6 is 0 Å². The van der Waals surface area contributed by atoms with E-state index in [4.69, 9.17) is 10.5 Å². The molecule has 0 aliphatic carbocycles. The van der Waals surface area contributed by atoms with E-state index in [9.17, 15) is 9.59 Å². The number of Topliss-reactive ketones (excluding diaryl/α,β-unsaturated/α-hetero) is 1. The third-order valence-corrected chi connectivity index (χ3v) is 3.15. The number of hydrogen-bond acceptors (Lipinski definition) is 4. The minimum Gasteiger partial charge on any atom is -0.485 e. The van der Waals surface area contributed by atoms with Crippen molar-refractivity contribution < 1.29 is 14.3 Å². The third kappa shape index (κ3) is 4.09. The Balaban J connectivity index is 1.96. The Hall–Kier alpha value is -2.82. The van der Waals surface area contributed by atoms with Crippen molar-refractivity contribution in [2.24, 2.45) is 0 Å². The zero-order valence-corrected chi connectivity index (χ0v) is 12.6. The molecule has 114 valence electrons. The normalized spacial score (nSPS) is 10.1. The lowest BCUT2D eigenvalue weighted by Gasteiger charge is -2.08. The minimum absolute atomic E-state index is 0.0675. The van der Waals surface area contributed by atoms with Crippen molar-refractivity contribution in [2.45, 2.75) is 13.8 Å². The largest absolute Gasteiger partial charge is 0.485 e. The Bertz CT molecular complexity index is 694. The number of nitrogen functional groups attached to an aromatic ring is 1. The summed E-state index contributed by atoms with van der Waals surface area (Å²) < 4.78 is 5.45. The van der Waals surface area contributed by atoms with E-state index >= 15 is 0 Å². The fraction of sp³-hybridized carbons (Fsp3) is 0.176. The molecule has 22 heavy (non-hydrogen) atoms. The number of hydrogen-bond donors (Lipinski definition) is 2. The second-order valence-corrected chi connectivity index (χ2v) is 4.99. The fourth-order valence-electron chi connectivity index (χ4n) is 1.88. The van der Waals surface area contributed by atoms with Gasteiger partial charge in [-0.2, -0.15) is 0 Å². The Kier molecular flexibility index (Phi) is 4.78. The molecule has 5 heteroatoms. The highest BCUT2D eigenvalue weighted by molar-refractivity contribution is 5.98. The highest BCUT2D eigenvalue weighted by atomic mass is 16.5. The highest BCUT2D eigenvalue weighted by Crippen LogP contribution is 2.19. The van der Waals surface area contributed by atoms with E-state index in [1.165, 1.54) is 6.92 Å². The first-order valence-corrected chi connectivity index (χ1v) is 6.85. The van der Waals surface area contributed by atoms with E-state index in [0.717, 1.165) is 5.56 Å². The lowest BCUT2D eigenvalue weighted by atomic mass is 10.1. The average Bonchev–Trinajstić information content (AvgIpc) is 2.48. The van der Waals surface area contributed by atoms with E-state index < -0.39 is 0 Å². The van der Waals surface area contributed by atoms with Gasteiger partial charge in [0.2, 0.25) is 5.91 Å². The van der Waals surface area contributed by atoms with Crippen molar-refractivity contribution in [3.63, 3.8) is 0 Å². The van der Waals surface area contributed by atoms with Crippen molar-refractivity contribution in [3.8, 4) is 5.75 Å². The van der Waals surface area contributed by atoms with Gasteiger partial charge in [-0.25, -0.2) is 0 Å². The SMILES string of the molecule is CC(=O)Nc1ccc(C(=O)COc2ccc(C)c(N)c2)cc1. The van der Waals surface area contributed by atoms with E-state index in [1.807, 2.05) is 13.0 Å². The Labute approximate surface area is 129 Å². The molecule has 0 atom stereocenters. The van der Waals surface area contributed by atoms with Gasteiger partial charge >= 0.3 is 0 Å².